The molecule has 0 N–H and O–H groups in total. The summed E-state index contributed by atoms with van der Waals surface area (Å²) in [4.78, 5) is 36.6. The highest BCUT2D eigenvalue weighted by Gasteiger charge is 2.18. The van der Waals surface area contributed by atoms with Gasteiger partial charge in [-0.25, -0.2) is 4.79 Å². The van der Waals surface area contributed by atoms with Crippen molar-refractivity contribution in [2.24, 2.45) is 20.0 Å². The molecule has 0 aromatic carbocycles. The first-order valence-electron chi connectivity index (χ1n) is 10.1. The molecule has 0 spiro atoms. The van der Waals surface area contributed by atoms with Gasteiger partial charge in [0.2, 0.25) is 0 Å². The highest BCUT2D eigenvalue weighted by atomic mass is 16.6. The molecule has 0 radical (unpaired) electrons. The van der Waals surface area contributed by atoms with Crippen LogP contribution in [0.25, 0.3) is 0 Å². The predicted molar refractivity (Wildman–Crippen MR) is 113 cm³/mol. The minimum absolute atomic E-state index is 0.181. The van der Waals surface area contributed by atoms with Crippen LogP contribution in [0.2, 0.25) is 0 Å². The van der Waals surface area contributed by atoms with Gasteiger partial charge < -0.3 is 9.30 Å². The summed E-state index contributed by atoms with van der Waals surface area (Å²) in [6, 6.07) is 0. The molecule has 0 aliphatic heterocycles. The van der Waals surface area contributed by atoms with Crippen LogP contribution in [0.15, 0.2) is 21.7 Å². The minimum Gasteiger partial charge on any atom is -0.460 e. The summed E-state index contributed by atoms with van der Waals surface area (Å²) in [6.07, 6.45) is 8.70. The van der Waals surface area contributed by atoms with Crippen LogP contribution in [0, 0.1) is 12.8 Å². The number of carbonyl (C=O) groups is 1. The number of allylic oxidation sites excluding steroid dienone is 2. The van der Waals surface area contributed by atoms with E-state index in [0.29, 0.717) is 30.5 Å². The lowest BCUT2D eigenvalue weighted by molar-refractivity contribution is -0.155. The van der Waals surface area contributed by atoms with E-state index in [2.05, 4.69) is 19.1 Å². The molecule has 6 nitrogen and oxygen atoms in total. The van der Waals surface area contributed by atoms with Crippen molar-refractivity contribution < 1.29 is 9.53 Å². The molecular weight excluding hydrogens is 356 g/mol. The second-order valence-electron chi connectivity index (χ2n) is 8.41. The SMILES string of the molecule is CCC/C=C/C(CCC(=O)OC(C)(C)C)CCc1c(C)n(C)c(=O)n(C)c1=O. The molecule has 0 aliphatic carbocycles. The number of carbonyl (C=O) groups excluding carboxylic acids is 1. The normalized spacial score (nSPS) is 13.1. The van der Waals surface area contributed by atoms with Gasteiger partial charge in [0.25, 0.3) is 5.56 Å². The Hall–Kier alpha value is -2.11. The van der Waals surface area contributed by atoms with Gasteiger partial charge in [-0.3, -0.25) is 14.2 Å². The fraction of sp³-hybridized carbons (Fsp3) is 0.682. The van der Waals surface area contributed by atoms with Crippen LogP contribution in [-0.2, 0) is 30.0 Å². The number of esters is 1. The van der Waals surface area contributed by atoms with Crippen molar-refractivity contribution in [1.29, 1.82) is 0 Å². The average molecular weight is 393 g/mol. The quantitative estimate of drug-likeness (QED) is 0.477. The minimum atomic E-state index is -0.483. The smallest absolute Gasteiger partial charge is 0.330 e. The molecule has 0 saturated carbocycles. The Labute approximate surface area is 168 Å². The van der Waals surface area contributed by atoms with Crippen molar-refractivity contribution in [3.8, 4) is 0 Å². The van der Waals surface area contributed by atoms with Crippen molar-refractivity contribution in [1.82, 2.24) is 9.13 Å². The predicted octanol–water partition coefficient (Wildman–Crippen LogP) is 3.42. The number of ether oxygens (including phenoxy) is 1. The molecule has 1 heterocycles. The van der Waals surface area contributed by atoms with Gasteiger partial charge in [0.1, 0.15) is 5.60 Å². The lowest BCUT2D eigenvalue weighted by atomic mass is 9.94. The molecule has 0 fully saturated rings. The maximum absolute atomic E-state index is 12.5. The second-order valence-corrected chi connectivity index (χ2v) is 8.41. The lowest BCUT2D eigenvalue weighted by Crippen LogP contribution is -2.40. The Morgan fingerprint density at radius 3 is 2.36 bits per heavy atom. The zero-order chi connectivity index (χ0) is 21.5. The Morgan fingerprint density at radius 2 is 1.79 bits per heavy atom. The largest absolute Gasteiger partial charge is 0.460 e. The van der Waals surface area contributed by atoms with E-state index in [1.165, 1.54) is 11.6 Å². The van der Waals surface area contributed by atoms with Gasteiger partial charge in [-0.2, -0.15) is 0 Å². The molecule has 0 aliphatic rings. The fourth-order valence-corrected chi connectivity index (χ4v) is 3.12. The third-order valence-electron chi connectivity index (χ3n) is 4.84. The van der Waals surface area contributed by atoms with Gasteiger partial charge >= 0.3 is 11.7 Å². The average Bonchev–Trinajstić information content (AvgIpc) is 2.60. The molecule has 0 saturated heterocycles. The first kappa shape index (κ1) is 23.9. The van der Waals surface area contributed by atoms with Gasteiger partial charge in [-0.15, -0.1) is 0 Å². The summed E-state index contributed by atoms with van der Waals surface area (Å²) in [5.41, 5.74) is 0.342. The van der Waals surface area contributed by atoms with Gasteiger partial charge in [-0.1, -0.05) is 25.5 Å². The molecule has 1 rings (SSSR count). The first-order chi connectivity index (χ1) is 13.0. The summed E-state index contributed by atoms with van der Waals surface area (Å²) in [7, 11) is 3.19. The highest BCUT2D eigenvalue weighted by Crippen LogP contribution is 2.19. The van der Waals surface area contributed by atoms with Gasteiger partial charge in [0, 0.05) is 31.8 Å². The fourth-order valence-electron chi connectivity index (χ4n) is 3.12. The van der Waals surface area contributed by atoms with Crippen LogP contribution in [-0.4, -0.2) is 20.7 Å². The summed E-state index contributed by atoms with van der Waals surface area (Å²) in [5.74, 6) is -0.0176. The van der Waals surface area contributed by atoms with Crippen LogP contribution in [0.5, 0.6) is 0 Å². The zero-order valence-electron chi connectivity index (χ0n) is 18.5. The Morgan fingerprint density at radius 1 is 1.14 bits per heavy atom. The third kappa shape index (κ3) is 7.13. The van der Waals surface area contributed by atoms with E-state index in [9.17, 15) is 14.4 Å². The highest BCUT2D eigenvalue weighted by molar-refractivity contribution is 5.69. The van der Waals surface area contributed by atoms with Crippen LogP contribution in [0.1, 0.15) is 71.1 Å². The molecule has 1 atom stereocenters. The van der Waals surface area contributed by atoms with Gasteiger partial charge in [-0.05, 0) is 59.3 Å². The van der Waals surface area contributed by atoms with E-state index in [1.54, 1.807) is 14.0 Å². The molecule has 0 bridgehead atoms. The molecule has 0 amide bonds. The summed E-state index contributed by atoms with van der Waals surface area (Å²) in [5, 5.41) is 0. The number of hydrogen-bond acceptors (Lipinski definition) is 4. The molecular formula is C22H36N2O4. The van der Waals surface area contributed by atoms with E-state index in [4.69, 9.17) is 4.74 Å². The van der Waals surface area contributed by atoms with E-state index in [1.807, 2.05) is 20.8 Å². The summed E-state index contributed by atoms with van der Waals surface area (Å²) >= 11 is 0. The van der Waals surface area contributed by atoms with Crippen molar-refractivity contribution in [3.05, 3.63) is 44.2 Å². The maximum atomic E-state index is 12.5. The molecule has 158 valence electrons. The topological polar surface area (TPSA) is 70.3 Å². The lowest BCUT2D eigenvalue weighted by Gasteiger charge is -2.20. The first-order valence-corrected chi connectivity index (χ1v) is 10.1. The number of rotatable bonds is 9. The van der Waals surface area contributed by atoms with Crippen molar-refractivity contribution >= 4 is 5.97 Å². The molecule has 28 heavy (non-hydrogen) atoms. The maximum Gasteiger partial charge on any atom is 0.330 e. The van der Waals surface area contributed by atoms with E-state index in [0.717, 1.165) is 23.8 Å². The third-order valence-corrected chi connectivity index (χ3v) is 4.84. The Bertz CT molecular complexity index is 810. The van der Waals surface area contributed by atoms with Crippen molar-refractivity contribution in [2.75, 3.05) is 0 Å². The Balaban J connectivity index is 2.90. The molecule has 6 heteroatoms. The number of aromatic nitrogens is 2. The molecule has 1 unspecified atom stereocenters. The number of unbranched alkanes of at least 4 members (excludes halogenated alkanes) is 1. The zero-order valence-corrected chi connectivity index (χ0v) is 18.5. The standard InChI is InChI=1S/C22H36N2O4/c1-8-9-10-11-17(13-15-19(25)28-22(3,4)5)12-14-18-16(2)23(6)21(27)24(7)20(18)26/h10-11,17H,8-9,12-15H2,1-7H3/b11-10+. The van der Waals surface area contributed by atoms with Gasteiger partial charge in [0.15, 0.2) is 0 Å². The van der Waals surface area contributed by atoms with Crippen LogP contribution in [0.4, 0.5) is 0 Å². The second kappa shape index (κ2) is 10.4. The molecule has 1 aromatic heterocycles. The van der Waals surface area contributed by atoms with Crippen LogP contribution in [0.3, 0.4) is 0 Å². The van der Waals surface area contributed by atoms with Crippen LogP contribution >= 0.6 is 0 Å². The summed E-state index contributed by atoms with van der Waals surface area (Å²) < 4.78 is 8.08. The van der Waals surface area contributed by atoms with Crippen LogP contribution < -0.4 is 11.2 Å². The molecule has 1 aromatic rings. The van der Waals surface area contributed by atoms with E-state index >= 15 is 0 Å². The Kier molecular flexibility index (Phi) is 8.92. The van der Waals surface area contributed by atoms with E-state index < -0.39 is 5.60 Å². The van der Waals surface area contributed by atoms with Gasteiger partial charge in [0.05, 0.1) is 0 Å². The monoisotopic (exact) mass is 392 g/mol. The van der Waals surface area contributed by atoms with E-state index in [-0.39, 0.29) is 23.1 Å². The number of hydrogen-bond donors (Lipinski definition) is 0. The van der Waals surface area contributed by atoms with Crippen molar-refractivity contribution in [2.45, 2.75) is 78.7 Å². The van der Waals surface area contributed by atoms with Crippen molar-refractivity contribution in [3.63, 3.8) is 0 Å². The number of nitrogens with zero attached hydrogens (tertiary/aromatic N) is 2. The summed E-state index contributed by atoms with van der Waals surface area (Å²) in [6.45, 7) is 9.52.